The summed E-state index contributed by atoms with van der Waals surface area (Å²) < 4.78 is 40.2. The van der Waals surface area contributed by atoms with Crippen LogP contribution in [-0.4, -0.2) is 52.1 Å². The van der Waals surface area contributed by atoms with Crippen molar-refractivity contribution in [3.63, 3.8) is 0 Å². The number of anilines is 2. The fraction of sp³-hybridized carbons (Fsp3) is 0.417. The number of halogens is 3. The molecule has 184 valence electrons. The molecule has 2 saturated heterocycles. The van der Waals surface area contributed by atoms with E-state index in [1.165, 1.54) is 13.0 Å². The minimum atomic E-state index is -4.42. The SMILES string of the molecule is Cc1nc(NC(C)c2cccc(C(F)(F)F)c2C)c2cc(N3CC4(CN(C(N)=O)C4)C3)cnc2n1. The highest BCUT2D eigenvalue weighted by molar-refractivity contribution is 5.89. The zero-order valence-corrected chi connectivity index (χ0v) is 19.6. The lowest BCUT2D eigenvalue weighted by Gasteiger charge is -2.60. The zero-order valence-electron chi connectivity index (χ0n) is 19.6. The van der Waals surface area contributed by atoms with E-state index in [0.717, 1.165) is 24.8 Å². The number of carbonyl (C=O) groups excluding carboxylic acids is 1. The number of amides is 2. The van der Waals surface area contributed by atoms with Crippen LogP contribution in [0.4, 0.5) is 29.5 Å². The first-order valence-corrected chi connectivity index (χ1v) is 11.3. The number of urea groups is 1. The second kappa shape index (κ2) is 7.96. The van der Waals surface area contributed by atoms with Gasteiger partial charge in [0.25, 0.3) is 0 Å². The molecule has 0 saturated carbocycles. The van der Waals surface area contributed by atoms with E-state index in [0.29, 0.717) is 41.3 Å². The number of aryl methyl sites for hydroxylation is 1. The summed E-state index contributed by atoms with van der Waals surface area (Å²) in [5, 5.41) is 3.98. The van der Waals surface area contributed by atoms with Crippen LogP contribution in [0.1, 0.15) is 35.5 Å². The van der Waals surface area contributed by atoms with E-state index in [4.69, 9.17) is 5.73 Å². The lowest BCUT2D eigenvalue weighted by molar-refractivity contribution is -0.138. The van der Waals surface area contributed by atoms with Crippen molar-refractivity contribution in [2.45, 2.75) is 33.0 Å². The maximum Gasteiger partial charge on any atom is 0.416 e. The summed E-state index contributed by atoms with van der Waals surface area (Å²) in [6.07, 6.45) is -2.66. The Morgan fingerprint density at radius 1 is 1.17 bits per heavy atom. The smallest absolute Gasteiger partial charge is 0.369 e. The summed E-state index contributed by atoms with van der Waals surface area (Å²) in [5.74, 6) is 1.03. The van der Waals surface area contributed by atoms with E-state index < -0.39 is 23.8 Å². The number of rotatable bonds is 4. The number of hydrogen-bond acceptors (Lipinski definition) is 6. The summed E-state index contributed by atoms with van der Waals surface area (Å²) in [6.45, 7) is 7.94. The Kier molecular flexibility index (Phi) is 5.26. The van der Waals surface area contributed by atoms with Crippen molar-refractivity contribution in [1.82, 2.24) is 19.9 Å². The molecule has 0 bridgehead atoms. The predicted octanol–water partition coefficient (Wildman–Crippen LogP) is 4.03. The molecule has 2 fully saturated rings. The summed E-state index contributed by atoms with van der Waals surface area (Å²) >= 11 is 0. The van der Waals surface area contributed by atoms with E-state index in [9.17, 15) is 18.0 Å². The number of nitrogens with zero attached hydrogens (tertiary/aromatic N) is 5. The van der Waals surface area contributed by atoms with E-state index in [1.807, 2.05) is 13.0 Å². The van der Waals surface area contributed by atoms with Crippen LogP contribution in [-0.2, 0) is 6.18 Å². The molecule has 8 nitrogen and oxygen atoms in total. The van der Waals surface area contributed by atoms with Crippen LogP contribution in [0.2, 0.25) is 0 Å². The Hall–Kier alpha value is -3.63. The van der Waals surface area contributed by atoms with Crippen LogP contribution >= 0.6 is 0 Å². The third kappa shape index (κ3) is 4.08. The van der Waals surface area contributed by atoms with Gasteiger partial charge in [0.05, 0.1) is 28.9 Å². The number of benzene rings is 1. The molecule has 0 aliphatic carbocycles. The van der Waals surface area contributed by atoms with Crippen molar-refractivity contribution in [2.75, 3.05) is 36.4 Å². The lowest BCUT2D eigenvalue weighted by atomic mass is 9.73. The molecule has 35 heavy (non-hydrogen) atoms. The van der Waals surface area contributed by atoms with Gasteiger partial charge < -0.3 is 20.9 Å². The molecule has 2 aliphatic heterocycles. The molecule has 3 N–H and O–H groups in total. The standard InChI is InChI=1S/C24H26F3N7O/c1-13-17(5-4-6-19(13)24(25,26)27)14(2)30-21-18-7-16(8-29-20(18)31-15(3)32-21)33-9-23(10-33)11-34(12-23)22(28)35/h4-8,14H,9-12H2,1-3H3,(H2,28,35)(H,29,30,31,32). The first-order valence-electron chi connectivity index (χ1n) is 11.3. The fourth-order valence-electron chi connectivity index (χ4n) is 5.17. The van der Waals surface area contributed by atoms with Crippen molar-refractivity contribution < 1.29 is 18.0 Å². The molecule has 0 radical (unpaired) electrons. The Morgan fingerprint density at radius 2 is 1.89 bits per heavy atom. The van der Waals surface area contributed by atoms with Gasteiger partial charge in [-0.1, -0.05) is 12.1 Å². The number of primary amides is 1. The van der Waals surface area contributed by atoms with Crippen LogP contribution in [0.5, 0.6) is 0 Å². The Morgan fingerprint density at radius 3 is 2.54 bits per heavy atom. The molecule has 2 aliphatic rings. The van der Waals surface area contributed by atoms with Gasteiger partial charge in [0.1, 0.15) is 11.6 Å². The van der Waals surface area contributed by atoms with Gasteiger partial charge in [0, 0.05) is 31.6 Å². The number of carbonyl (C=O) groups is 1. The van der Waals surface area contributed by atoms with E-state index >= 15 is 0 Å². The van der Waals surface area contributed by atoms with Crippen molar-refractivity contribution in [3.8, 4) is 0 Å². The maximum atomic E-state index is 13.4. The highest BCUT2D eigenvalue weighted by atomic mass is 19.4. The van der Waals surface area contributed by atoms with Gasteiger partial charge >= 0.3 is 12.2 Å². The summed E-state index contributed by atoms with van der Waals surface area (Å²) in [5.41, 5.74) is 6.91. The third-order valence-electron chi connectivity index (χ3n) is 6.93. The van der Waals surface area contributed by atoms with E-state index in [1.54, 1.807) is 24.1 Å². The van der Waals surface area contributed by atoms with Crippen LogP contribution in [0.25, 0.3) is 11.0 Å². The molecule has 1 unspecified atom stereocenters. The van der Waals surface area contributed by atoms with Gasteiger partial charge in [-0.25, -0.2) is 19.7 Å². The Labute approximate surface area is 200 Å². The predicted molar refractivity (Wildman–Crippen MR) is 126 cm³/mol. The monoisotopic (exact) mass is 485 g/mol. The average molecular weight is 486 g/mol. The van der Waals surface area contributed by atoms with Crippen molar-refractivity contribution >= 4 is 28.6 Å². The summed E-state index contributed by atoms with van der Waals surface area (Å²) in [4.78, 5) is 28.6. The third-order valence-corrected chi connectivity index (χ3v) is 6.93. The summed E-state index contributed by atoms with van der Waals surface area (Å²) in [6, 6.07) is 5.33. The highest BCUT2D eigenvalue weighted by Crippen LogP contribution is 2.42. The molecular formula is C24H26F3N7O. The zero-order chi connectivity index (χ0) is 25.1. The molecule has 3 aromatic rings. The minimum Gasteiger partial charge on any atom is -0.369 e. The molecule has 2 amide bonds. The van der Waals surface area contributed by atoms with Crippen LogP contribution < -0.4 is 16.0 Å². The fourth-order valence-corrected chi connectivity index (χ4v) is 5.17. The Balaban J connectivity index is 1.40. The van der Waals surface area contributed by atoms with Crippen LogP contribution in [0.3, 0.4) is 0 Å². The number of fused-ring (bicyclic) bond motifs is 1. The lowest BCUT2D eigenvalue weighted by Crippen LogP contribution is -2.73. The quantitative estimate of drug-likeness (QED) is 0.579. The molecular weight excluding hydrogens is 459 g/mol. The Bertz CT molecular complexity index is 1310. The second-order valence-corrected chi connectivity index (χ2v) is 9.62. The van der Waals surface area contributed by atoms with Crippen molar-refractivity contribution in [3.05, 3.63) is 53.0 Å². The number of nitrogens with two attached hydrogens (primary N) is 1. The minimum absolute atomic E-state index is 0.0738. The first kappa shape index (κ1) is 23.1. The normalized spacial score (nSPS) is 17.8. The molecule has 11 heteroatoms. The number of likely N-dealkylation sites (tertiary alicyclic amines) is 1. The van der Waals surface area contributed by atoms with E-state index in [-0.39, 0.29) is 11.0 Å². The van der Waals surface area contributed by atoms with Gasteiger partial charge in [0.15, 0.2) is 5.65 Å². The molecule has 4 heterocycles. The van der Waals surface area contributed by atoms with Gasteiger partial charge in [-0.3, -0.25) is 0 Å². The number of alkyl halides is 3. The number of aromatic nitrogens is 3. The van der Waals surface area contributed by atoms with Crippen LogP contribution in [0, 0.1) is 19.3 Å². The largest absolute Gasteiger partial charge is 0.416 e. The molecule has 1 atom stereocenters. The molecule has 5 rings (SSSR count). The first-order chi connectivity index (χ1) is 16.5. The van der Waals surface area contributed by atoms with E-state index in [2.05, 4.69) is 25.2 Å². The van der Waals surface area contributed by atoms with Crippen molar-refractivity contribution in [1.29, 1.82) is 0 Å². The van der Waals surface area contributed by atoms with Gasteiger partial charge in [-0.15, -0.1) is 0 Å². The van der Waals surface area contributed by atoms with Crippen LogP contribution in [0.15, 0.2) is 30.5 Å². The second-order valence-electron chi connectivity index (χ2n) is 9.62. The molecule has 2 aromatic heterocycles. The highest BCUT2D eigenvalue weighted by Gasteiger charge is 2.53. The van der Waals surface area contributed by atoms with Gasteiger partial charge in [-0.2, -0.15) is 13.2 Å². The summed E-state index contributed by atoms with van der Waals surface area (Å²) in [7, 11) is 0. The average Bonchev–Trinajstić information content (AvgIpc) is 2.70. The number of nitrogens with one attached hydrogen (secondary N) is 1. The van der Waals surface area contributed by atoms with Crippen molar-refractivity contribution in [2.24, 2.45) is 11.1 Å². The number of hydrogen-bond donors (Lipinski definition) is 2. The maximum absolute atomic E-state index is 13.4. The van der Waals surface area contributed by atoms with Gasteiger partial charge in [0.2, 0.25) is 0 Å². The molecule has 1 spiro atoms. The number of pyridine rings is 1. The topological polar surface area (TPSA) is 100 Å². The van der Waals surface area contributed by atoms with Gasteiger partial charge in [-0.05, 0) is 44.0 Å². The molecule has 1 aromatic carbocycles.